The summed E-state index contributed by atoms with van der Waals surface area (Å²) in [7, 11) is 1.60. The molecule has 0 aliphatic heterocycles. The van der Waals surface area contributed by atoms with Crippen LogP contribution in [0.2, 0.25) is 0 Å². The minimum Gasteiger partial charge on any atom is -0.497 e. The lowest BCUT2D eigenvalue weighted by Gasteiger charge is -2.14. The first-order chi connectivity index (χ1) is 11.7. The van der Waals surface area contributed by atoms with Gasteiger partial charge in [-0.1, -0.05) is 12.1 Å². The normalized spacial score (nSPS) is 11.7. The van der Waals surface area contributed by atoms with Crippen LogP contribution in [-0.2, 0) is 0 Å². The van der Waals surface area contributed by atoms with Crippen molar-refractivity contribution in [1.29, 1.82) is 5.26 Å². The van der Waals surface area contributed by atoms with Crippen molar-refractivity contribution in [3.05, 3.63) is 65.7 Å². The van der Waals surface area contributed by atoms with Crippen molar-refractivity contribution >= 4 is 16.7 Å². The Bertz CT molecular complexity index is 902. The molecular formula is C19H17N3O2. The number of aliphatic hydroxyl groups excluding tert-OH is 1. The summed E-state index contributed by atoms with van der Waals surface area (Å²) in [6.07, 6.45) is -0.668. The molecule has 0 spiro atoms. The predicted molar refractivity (Wildman–Crippen MR) is 92.9 cm³/mol. The number of fused-ring (bicyclic) bond motifs is 1. The van der Waals surface area contributed by atoms with Crippen LogP contribution >= 0.6 is 0 Å². The summed E-state index contributed by atoms with van der Waals surface area (Å²) in [6, 6.07) is 18.6. The minimum absolute atomic E-state index is 0.335. The van der Waals surface area contributed by atoms with E-state index in [1.54, 1.807) is 19.2 Å². The second-order valence-electron chi connectivity index (χ2n) is 5.39. The molecule has 1 atom stereocenters. The molecule has 5 nitrogen and oxygen atoms in total. The Morgan fingerprint density at radius 2 is 2.08 bits per heavy atom. The van der Waals surface area contributed by atoms with Gasteiger partial charge in [0.15, 0.2) is 0 Å². The second-order valence-corrected chi connectivity index (χ2v) is 5.39. The SMILES string of the molecule is COc1cccc(C(O)CNc2ccc3cc(C#N)ccc3n2)c1. The van der Waals surface area contributed by atoms with E-state index < -0.39 is 6.10 Å². The average Bonchev–Trinajstić information content (AvgIpc) is 2.65. The summed E-state index contributed by atoms with van der Waals surface area (Å²) < 4.78 is 5.17. The van der Waals surface area contributed by atoms with Gasteiger partial charge in [0, 0.05) is 11.9 Å². The van der Waals surface area contributed by atoms with Crippen LogP contribution < -0.4 is 10.1 Å². The van der Waals surface area contributed by atoms with E-state index in [4.69, 9.17) is 10.00 Å². The second kappa shape index (κ2) is 6.99. The lowest BCUT2D eigenvalue weighted by atomic mass is 10.1. The number of nitrogens with zero attached hydrogens (tertiary/aromatic N) is 2. The van der Waals surface area contributed by atoms with Gasteiger partial charge in [-0.15, -0.1) is 0 Å². The quantitative estimate of drug-likeness (QED) is 0.754. The zero-order valence-corrected chi connectivity index (χ0v) is 13.2. The number of nitriles is 1. The molecule has 0 saturated heterocycles. The number of methoxy groups -OCH3 is 1. The summed E-state index contributed by atoms with van der Waals surface area (Å²) in [5.74, 6) is 1.39. The molecule has 5 heteroatoms. The Labute approximate surface area is 140 Å². The summed E-state index contributed by atoms with van der Waals surface area (Å²) in [6.45, 7) is 0.335. The van der Waals surface area contributed by atoms with Crippen LogP contribution in [0.1, 0.15) is 17.2 Å². The fraction of sp³-hybridized carbons (Fsp3) is 0.158. The first kappa shape index (κ1) is 15.8. The predicted octanol–water partition coefficient (Wildman–Crippen LogP) is 3.26. The summed E-state index contributed by atoms with van der Waals surface area (Å²) in [4.78, 5) is 4.49. The number of aliphatic hydroxyl groups is 1. The summed E-state index contributed by atoms with van der Waals surface area (Å²) in [5, 5.41) is 23.3. The largest absolute Gasteiger partial charge is 0.497 e. The molecule has 120 valence electrons. The molecule has 3 aromatic rings. The molecule has 2 N–H and O–H groups in total. The van der Waals surface area contributed by atoms with Gasteiger partial charge < -0.3 is 15.2 Å². The fourth-order valence-electron chi connectivity index (χ4n) is 2.46. The highest BCUT2D eigenvalue weighted by Crippen LogP contribution is 2.21. The van der Waals surface area contributed by atoms with Crippen LogP contribution in [0.4, 0.5) is 5.82 Å². The van der Waals surface area contributed by atoms with E-state index in [1.807, 2.05) is 42.5 Å². The third kappa shape index (κ3) is 3.45. The lowest BCUT2D eigenvalue weighted by Crippen LogP contribution is -2.13. The van der Waals surface area contributed by atoms with Crippen molar-refractivity contribution in [3.8, 4) is 11.8 Å². The Morgan fingerprint density at radius 1 is 1.21 bits per heavy atom. The number of rotatable bonds is 5. The topological polar surface area (TPSA) is 78.2 Å². The molecule has 0 bridgehead atoms. The molecule has 0 aliphatic carbocycles. The van der Waals surface area contributed by atoms with Crippen LogP contribution in [0, 0.1) is 11.3 Å². The van der Waals surface area contributed by atoms with Gasteiger partial charge in [0.2, 0.25) is 0 Å². The van der Waals surface area contributed by atoms with E-state index in [2.05, 4.69) is 16.4 Å². The Balaban J connectivity index is 1.71. The number of pyridine rings is 1. The molecule has 3 rings (SSSR count). The van der Waals surface area contributed by atoms with Crippen LogP contribution in [-0.4, -0.2) is 23.7 Å². The standard InChI is InChI=1S/C19H17N3O2/c1-24-16-4-2-3-15(10-16)18(23)12-21-19-8-6-14-9-13(11-20)5-7-17(14)22-19/h2-10,18,23H,12H2,1H3,(H,21,22). The smallest absolute Gasteiger partial charge is 0.126 e. The van der Waals surface area contributed by atoms with Crippen LogP contribution in [0.5, 0.6) is 5.75 Å². The third-order valence-corrected chi connectivity index (χ3v) is 3.77. The maximum Gasteiger partial charge on any atom is 0.126 e. The first-order valence-electron chi connectivity index (χ1n) is 7.56. The van der Waals surface area contributed by atoms with Crippen LogP contribution in [0.25, 0.3) is 10.9 Å². The van der Waals surface area contributed by atoms with E-state index in [0.29, 0.717) is 23.7 Å². The molecule has 1 aromatic heterocycles. The lowest BCUT2D eigenvalue weighted by molar-refractivity contribution is 0.191. The molecule has 0 aliphatic rings. The molecule has 24 heavy (non-hydrogen) atoms. The highest BCUT2D eigenvalue weighted by molar-refractivity contribution is 5.81. The maximum absolute atomic E-state index is 10.3. The van der Waals surface area contributed by atoms with Crippen molar-refractivity contribution < 1.29 is 9.84 Å². The van der Waals surface area contributed by atoms with Crippen LogP contribution in [0.15, 0.2) is 54.6 Å². The van der Waals surface area contributed by atoms with Gasteiger partial charge in [0.25, 0.3) is 0 Å². The van der Waals surface area contributed by atoms with Gasteiger partial charge in [-0.05, 0) is 48.0 Å². The third-order valence-electron chi connectivity index (χ3n) is 3.77. The van der Waals surface area contributed by atoms with Gasteiger partial charge in [-0.25, -0.2) is 4.98 Å². The van der Waals surface area contributed by atoms with Gasteiger partial charge in [0.05, 0.1) is 30.4 Å². The fourth-order valence-corrected chi connectivity index (χ4v) is 2.46. The number of anilines is 1. The van der Waals surface area contributed by atoms with E-state index >= 15 is 0 Å². The van der Waals surface area contributed by atoms with Crippen molar-refractivity contribution in [1.82, 2.24) is 4.98 Å². The number of hydrogen-bond donors (Lipinski definition) is 2. The molecule has 2 aromatic carbocycles. The molecule has 0 fully saturated rings. The van der Waals surface area contributed by atoms with Gasteiger partial charge >= 0.3 is 0 Å². The number of hydrogen-bond acceptors (Lipinski definition) is 5. The van der Waals surface area contributed by atoms with Crippen molar-refractivity contribution in [2.24, 2.45) is 0 Å². The number of ether oxygens (including phenoxy) is 1. The minimum atomic E-state index is -0.668. The van der Waals surface area contributed by atoms with Crippen molar-refractivity contribution in [3.63, 3.8) is 0 Å². The Kier molecular flexibility index (Phi) is 4.59. The van der Waals surface area contributed by atoms with Crippen molar-refractivity contribution in [2.75, 3.05) is 19.0 Å². The Hall–Kier alpha value is -3.10. The zero-order valence-electron chi connectivity index (χ0n) is 13.2. The summed E-state index contributed by atoms with van der Waals surface area (Å²) >= 11 is 0. The summed E-state index contributed by atoms with van der Waals surface area (Å²) in [5.41, 5.74) is 2.19. The highest BCUT2D eigenvalue weighted by atomic mass is 16.5. The van der Waals surface area contributed by atoms with Gasteiger partial charge in [-0.3, -0.25) is 0 Å². The molecule has 0 saturated carbocycles. The molecule has 1 unspecified atom stereocenters. The van der Waals surface area contributed by atoms with Gasteiger partial charge in [-0.2, -0.15) is 5.26 Å². The number of nitrogens with one attached hydrogen (secondary N) is 1. The Morgan fingerprint density at radius 3 is 2.88 bits per heavy atom. The molecular weight excluding hydrogens is 302 g/mol. The monoisotopic (exact) mass is 319 g/mol. The van der Waals surface area contributed by atoms with E-state index in [1.165, 1.54) is 0 Å². The van der Waals surface area contributed by atoms with Crippen LogP contribution in [0.3, 0.4) is 0 Å². The first-order valence-corrected chi connectivity index (χ1v) is 7.56. The number of aromatic nitrogens is 1. The maximum atomic E-state index is 10.3. The zero-order chi connectivity index (χ0) is 16.9. The molecule has 0 amide bonds. The van der Waals surface area contributed by atoms with E-state index in [9.17, 15) is 5.11 Å². The van der Waals surface area contributed by atoms with E-state index in [0.717, 1.165) is 16.5 Å². The van der Waals surface area contributed by atoms with Crippen molar-refractivity contribution in [2.45, 2.75) is 6.10 Å². The van der Waals surface area contributed by atoms with E-state index in [-0.39, 0.29) is 0 Å². The average molecular weight is 319 g/mol. The van der Waals surface area contributed by atoms with Gasteiger partial charge in [0.1, 0.15) is 11.6 Å². The molecule has 1 heterocycles. The highest BCUT2D eigenvalue weighted by Gasteiger charge is 2.09. The molecule has 0 radical (unpaired) electrons. The number of benzene rings is 2.